The zero-order valence-corrected chi connectivity index (χ0v) is 21.2. The summed E-state index contributed by atoms with van der Waals surface area (Å²) in [6, 6.07) is 4.29. The Kier molecular flexibility index (Phi) is 11.8. The molecule has 0 aromatic carbocycles. The smallest absolute Gasteiger partial charge is 0.0348 e. The summed E-state index contributed by atoms with van der Waals surface area (Å²) in [7, 11) is 2.26. The molecule has 1 aromatic heterocycles. The minimum absolute atomic E-state index is 0.391. The molecule has 1 aliphatic carbocycles. The molecule has 0 saturated heterocycles. The normalized spacial score (nSPS) is 18.7. The van der Waals surface area contributed by atoms with Gasteiger partial charge in [-0.25, -0.2) is 0 Å². The lowest BCUT2D eigenvalue weighted by Gasteiger charge is -2.33. The molecule has 0 bridgehead atoms. The predicted molar refractivity (Wildman–Crippen MR) is 145 cm³/mol. The van der Waals surface area contributed by atoms with Crippen molar-refractivity contribution in [3.63, 3.8) is 0 Å². The molecule has 2 rings (SSSR count). The number of allylic oxidation sites excluding steroid dienone is 8. The number of unbranched alkanes of at least 4 members (excludes halogenated alkanes) is 5. The van der Waals surface area contributed by atoms with Gasteiger partial charge in [0, 0.05) is 35.3 Å². The van der Waals surface area contributed by atoms with Gasteiger partial charge in [0.25, 0.3) is 0 Å². The van der Waals surface area contributed by atoms with Gasteiger partial charge in [-0.15, -0.1) is 23.1 Å². The van der Waals surface area contributed by atoms with E-state index in [0.717, 1.165) is 6.54 Å². The Morgan fingerprint density at radius 3 is 2.68 bits per heavy atom. The first kappa shape index (κ1) is 25.5. The average Bonchev–Trinajstić information content (AvgIpc) is 3.31. The van der Waals surface area contributed by atoms with Gasteiger partial charge in [-0.3, -0.25) is 0 Å². The fourth-order valence-corrected chi connectivity index (χ4v) is 5.54. The quantitative estimate of drug-likeness (QED) is 0.204. The molecule has 2 unspecified atom stereocenters. The summed E-state index contributed by atoms with van der Waals surface area (Å²) in [5, 5.41) is 4.75. The monoisotopic (exact) mass is 453 g/mol. The molecular weight excluding hydrogens is 414 g/mol. The van der Waals surface area contributed by atoms with Crippen LogP contribution in [0.1, 0.15) is 57.2 Å². The fourth-order valence-electron chi connectivity index (χ4n) is 3.90. The number of nitrogens with zero attached hydrogens (tertiary/aromatic N) is 1. The lowest BCUT2D eigenvalue weighted by Crippen LogP contribution is -2.29. The molecule has 0 fully saturated rings. The maximum absolute atomic E-state index is 4.10. The largest absolute Gasteiger partial charge is 0.377 e. The number of hydrogen-bond acceptors (Lipinski definition) is 3. The Bertz CT molecular complexity index is 795. The maximum atomic E-state index is 4.10. The second-order valence-corrected chi connectivity index (χ2v) is 10.3. The molecule has 1 aromatic rings. The first-order valence-electron chi connectivity index (χ1n) is 11.6. The molecule has 0 saturated carbocycles. The molecule has 0 radical (unpaired) electrons. The van der Waals surface area contributed by atoms with Crippen LogP contribution in [-0.2, 0) is 0 Å². The lowest BCUT2D eigenvalue weighted by molar-refractivity contribution is 0.361. The van der Waals surface area contributed by atoms with E-state index >= 15 is 0 Å². The van der Waals surface area contributed by atoms with Crippen molar-refractivity contribution in [3.8, 4) is 0 Å². The molecule has 0 amide bonds. The van der Waals surface area contributed by atoms with Gasteiger partial charge in [0.1, 0.15) is 0 Å². The van der Waals surface area contributed by atoms with Crippen LogP contribution in [-0.4, -0.2) is 23.7 Å². The molecule has 31 heavy (non-hydrogen) atoms. The summed E-state index contributed by atoms with van der Waals surface area (Å²) in [6.07, 6.45) is 20.9. The Hall–Kier alpha value is -1.71. The Balaban J connectivity index is 2.21. The zero-order valence-electron chi connectivity index (χ0n) is 19.6. The minimum atomic E-state index is 0.391. The van der Waals surface area contributed by atoms with Gasteiger partial charge in [0.05, 0.1) is 0 Å². The van der Waals surface area contributed by atoms with E-state index in [-0.39, 0.29) is 0 Å². The summed E-state index contributed by atoms with van der Waals surface area (Å²) in [6.45, 7) is 13.6. The first-order chi connectivity index (χ1) is 15.1. The Morgan fingerprint density at radius 2 is 2.00 bits per heavy atom. The van der Waals surface area contributed by atoms with Crippen molar-refractivity contribution in [1.82, 2.24) is 4.90 Å². The van der Waals surface area contributed by atoms with E-state index in [2.05, 4.69) is 80.1 Å². The summed E-state index contributed by atoms with van der Waals surface area (Å²) in [4.78, 5) is 3.76. The maximum Gasteiger partial charge on any atom is 0.0348 e. The average molecular weight is 454 g/mol. The van der Waals surface area contributed by atoms with Gasteiger partial charge >= 0.3 is 0 Å². The van der Waals surface area contributed by atoms with E-state index in [9.17, 15) is 0 Å². The van der Waals surface area contributed by atoms with Crippen LogP contribution in [0.4, 0.5) is 0 Å². The van der Waals surface area contributed by atoms with Crippen LogP contribution >= 0.6 is 23.1 Å². The number of hydrogen-bond donors (Lipinski definition) is 0. The van der Waals surface area contributed by atoms with Crippen molar-refractivity contribution >= 4 is 28.7 Å². The van der Waals surface area contributed by atoms with Crippen molar-refractivity contribution in [1.29, 1.82) is 0 Å². The second kappa shape index (κ2) is 14.4. The predicted octanol–water partition coefficient (Wildman–Crippen LogP) is 8.87. The van der Waals surface area contributed by atoms with Crippen molar-refractivity contribution in [2.75, 3.05) is 13.6 Å². The van der Waals surface area contributed by atoms with Gasteiger partial charge < -0.3 is 4.90 Å². The number of thiophene rings is 1. The highest BCUT2D eigenvalue weighted by Gasteiger charge is 2.25. The highest BCUT2D eigenvalue weighted by Crippen LogP contribution is 2.36. The molecule has 1 aliphatic rings. The van der Waals surface area contributed by atoms with Crippen LogP contribution in [0.5, 0.6) is 0 Å². The van der Waals surface area contributed by atoms with Crippen molar-refractivity contribution in [2.45, 2.75) is 57.6 Å². The van der Waals surface area contributed by atoms with Gasteiger partial charge in [0.2, 0.25) is 0 Å². The van der Waals surface area contributed by atoms with Crippen molar-refractivity contribution in [3.05, 3.63) is 88.7 Å². The van der Waals surface area contributed by atoms with Gasteiger partial charge in [-0.2, -0.15) is 0 Å². The third kappa shape index (κ3) is 8.05. The Labute approximate surface area is 199 Å². The second-order valence-electron chi connectivity index (χ2n) is 8.10. The van der Waals surface area contributed by atoms with Gasteiger partial charge in [-0.05, 0) is 40.5 Å². The van der Waals surface area contributed by atoms with Crippen LogP contribution in [0.25, 0.3) is 5.57 Å². The van der Waals surface area contributed by atoms with E-state index in [1.54, 1.807) is 11.3 Å². The van der Waals surface area contributed by atoms with Crippen molar-refractivity contribution < 1.29 is 0 Å². The van der Waals surface area contributed by atoms with Crippen LogP contribution in [0.2, 0.25) is 0 Å². The van der Waals surface area contributed by atoms with E-state index < -0.39 is 0 Å². The molecule has 1 nitrogen and oxygen atoms in total. The van der Waals surface area contributed by atoms with Crippen molar-refractivity contribution in [2.24, 2.45) is 5.92 Å². The molecule has 0 spiro atoms. The first-order valence-corrected chi connectivity index (χ1v) is 13.4. The molecule has 2 atom stereocenters. The minimum Gasteiger partial charge on any atom is -0.377 e. The zero-order chi connectivity index (χ0) is 22.5. The third-order valence-electron chi connectivity index (χ3n) is 5.73. The summed E-state index contributed by atoms with van der Waals surface area (Å²) in [5.74, 6) is 0.391. The summed E-state index contributed by atoms with van der Waals surface area (Å²) in [5.41, 5.74) is 3.90. The van der Waals surface area contributed by atoms with Crippen LogP contribution < -0.4 is 0 Å². The van der Waals surface area contributed by atoms with Gasteiger partial charge in [0.15, 0.2) is 0 Å². The summed E-state index contributed by atoms with van der Waals surface area (Å²) >= 11 is 3.65. The molecule has 3 heteroatoms. The highest BCUT2D eigenvalue weighted by molar-refractivity contribution is 8.02. The molecule has 0 N–H and O–H groups in total. The number of thioether (sulfide) groups is 1. The molecule has 0 aliphatic heterocycles. The van der Waals surface area contributed by atoms with E-state index in [1.165, 1.54) is 60.2 Å². The van der Waals surface area contributed by atoms with Crippen LogP contribution in [0, 0.1) is 5.92 Å². The fraction of sp³-hybridized carbons (Fsp3) is 0.429. The topological polar surface area (TPSA) is 3.24 Å². The van der Waals surface area contributed by atoms with Gasteiger partial charge in [-0.1, -0.05) is 95.6 Å². The van der Waals surface area contributed by atoms with E-state index in [1.807, 2.05) is 30.0 Å². The SMILES string of the molecule is C=C/C=C\SC(C)C1C=C/C(=C(\C=C)c2cccs2)C=C1N(C)CCCCCCCC. The van der Waals surface area contributed by atoms with Crippen LogP contribution in [0.3, 0.4) is 0 Å². The summed E-state index contributed by atoms with van der Waals surface area (Å²) < 4.78 is 0. The molecule has 168 valence electrons. The third-order valence-corrected chi connectivity index (χ3v) is 7.67. The standard InChI is InChI=1S/C28H39NS2/c1-6-9-11-12-13-14-19-29(5)27-22-24(25(8-3)28-16-15-21-31-28)17-18-26(27)23(4)30-20-10-7-2/h7-8,10,15-18,20-23,26H,2-3,6,9,11-14,19H2,1,4-5H3/b20-10-,25-24-. The highest BCUT2D eigenvalue weighted by atomic mass is 32.2. The van der Waals surface area contributed by atoms with E-state index in [4.69, 9.17) is 0 Å². The van der Waals surface area contributed by atoms with Crippen LogP contribution in [0.15, 0.2) is 83.8 Å². The molecular formula is C28H39NS2. The molecule has 1 heterocycles. The lowest BCUT2D eigenvalue weighted by atomic mass is 9.90. The van der Waals surface area contributed by atoms with E-state index in [0.29, 0.717) is 11.2 Å². The number of rotatable bonds is 14. The Morgan fingerprint density at radius 1 is 1.23 bits per heavy atom.